The first-order chi connectivity index (χ1) is 13.7. The Kier molecular flexibility index (Phi) is 6.87. The van der Waals surface area contributed by atoms with Crippen LogP contribution in [0.3, 0.4) is 0 Å². The third-order valence-electron chi connectivity index (χ3n) is 5.78. The number of rotatable bonds is 5. The van der Waals surface area contributed by atoms with Crippen LogP contribution >= 0.6 is 12.4 Å². The lowest BCUT2D eigenvalue weighted by molar-refractivity contribution is 0.0633. The number of carbonyl (C=O) groups is 1. The van der Waals surface area contributed by atoms with Gasteiger partial charge in [0, 0.05) is 30.9 Å². The standard InChI is InChI=1S/C22H27N5O.ClH/c1-3-25(4-2)18-11-14-26(15-12-18)22(28)19-16-24-27-20(10-13-23-21(19)27)17-8-6-5-7-9-17;/h5-10,13,16,18H,3-4,11-12,14-15H2,1-2H3;1H. The van der Waals surface area contributed by atoms with Crippen LogP contribution in [-0.4, -0.2) is 62.5 Å². The summed E-state index contributed by atoms with van der Waals surface area (Å²) in [5.41, 5.74) is 3.19. The van der Waals surface area contributed by atoms with Crippen LogP contribution in [0.1, 0.15) is 37.0 Å². The Hall–Kier alpha value is -2.44. The van der Waals surface area contributed by atoms with Gasteiger partial charge in [0.2, 0.25) is 0 Å². The fraction of sp³-hybridized carbons (Fsp3) is 0.409. The number of aromatic nitrogens is 3. The molecule has 0 spiro atoms. The van der Waals surface area contributed by atoms with Gasteiger partial charge in [0.1, 0.15) is 5.56 Å². The number of hydrogen-bond acceptors (Lipinski definition) is 4. The van der Waals surface area contributed by atoms with E-state index in [1.54, 1.807) is 16.9 Å². The van der Waals surface area contributed by atoms with Gasteiger partial charge in [-0.05, 0) is 32.0 Å². The highest BCUT2D eigenvalue weighted by molar-refractivity contribution is 6.00. The fourth-order valence-electron chi connectivity index (χ4n) is 4.21. The van der Waals surface area contributed by atoms with Crippen LogP contribution in [0, 0.1) is 0 Å². The van der Waals surface area contributed by atoms with Gasteiger partial charge in [-0.25, -0.2) is 9.50 Å². The quantitative estimate of drug-likeness (QED) is 0.639. The zero-order valence-corrected chi connectivity index (χ0v) is 17.8. The predicted octanol–water partition coefficient (Wildman–Crippen LogP) is 3.76. The van der Waals surface area contributed by atoms with Gasteiger partial charge in [-0.15, -0.1) is 12.4 Å². The van der Waals surface area contributed by atoms with E-state index in [0.29, 0.717) is 17.3 Å². The smallest absolute Gasteiger partial charge is 0.259 e. The molecule has 3 aromatic rings. The normalized spacial score (nSPS) is 14.9. The summed E-state index contributed by atoms with van der Waals surface area (Å²) >= 11 is 0. The van der Waals surface area contributed by atoms with E-state index in [4.69, 9.17) is 0 Å². The molecule has 6 nitrogen and oxygen atoms in total. The Bertz CT molecular complexity index is 946. The van der Waals surface area contributed by atoms with Crippen molar-refractivity contribution in [3.8, 4) is 11.3 Å². The van der Waals surface area contributed by atoms with Gasteiger partial charge < -0.3 is 9.80 Å². The van der Waals surface area contributed by atoms with E-state index in [1.807, 2.05) is 41.3 Å². The van der Waals surface area contributed by atoms with Crippen LogP contribution in [0.15, 0.2) is 48.8 Å². The molecule has 0 saturated carbocycles. The van der Waals surface area contributed by atoms with Gasteiger partial charge in [-0.1, -0.05) is 44.2 Å². The lowest BCUT2D eigenvalue weighted by Crippen LogP contribution is -2.46. The average molecular weight is 414 g/mol. The van der Waals surface area contributed by atoms with Crippen LogP contribution in [0.4, 0.5) is 0 Å². The van der Waals surface area contributed by atoms with E-state index in [0.717, 1.165) is 50.3 Å². The molecule has 1 aromatic carbocycles. The van der Waals surface area contributed by atoms with Gasteiger partial charge in [0.05, 0.1) is 11.9 Å². The molecule has 0 unspecified atom stereocenters. The summed E-state index contributed by atoms with van der Waals surface area (Å²) < 4.78 is 1.77. The summed E-state index contributed by atoms with van der Waals surface area (Å²) in [6.07, 6.45) is 5.46. The number of benzene rings is 1. The van der Waals surface area contributed by atoms with Crippen molar-refractivity contribution in [2.24, 2.45) is 0 Å². The zero-order valence-electron chi connectivity index (χ0n) is 17.0. The summed E-state index contributed by atoms with van der Waals surface area (Å²) in [5.74, 6) is 0.0331. The van der Waals surface area contributed by atoms with Crippen molar-refractivity contribution in [3.05, 3.63) is 54.4 Å². The molecule has 0 atom stereocenters. The first-order valence-corrected chi connectivity index (χ1v) is 10.1. The minimum Gasteiger partial charge on any atom is -0.338 e. The summed E-state index contributed by atoms with van der Waals surface area (Å²) in [6, 6.07) is 12.6. The van der Waals surface area contributed by atoms with Gasteiger partial charge in [-0.2, -0.15) is 5.10 Å². The monoisotopic (exact) mass is 413 g/mol. The van der Waals surface area contributed by atoms with E-state index in [1.165, 1.54) is 0 Å². The Morgan fingerprint density at radius 3 is 2.45 bits per heavy atom. The Balaban J connectivity index is 0.00000240. The van der Waals surface area contributed by atoms with Crippen LogP contribution in [-0.2, 0) is 0 Å². The maximum Gasteiger partial charge on any atom is 0.259 e. The van der Waals surface area contributed by atoms with Gasteiger partial charge >= 0.3 is 0 Å². The Morgan fingerprint density at radius 2 is 1.79 bits per heavy atom. The maximum atomic E-state index is 13.2. The van der Waals surface area contributed by atoms with Crippen molar-refractivity contribution in [1.29, 1.82) is 0 Å². The number of halogens is 1. The van der Waals surface area contributed by atoms with E-state index in [-0.39, 0.29) is 18.3 Å². The SMILES string of the molecule is CCN(CC)C1CCN(C(=O)c2cnn3c(-c4ccccc4)ccnc23)CC1.Cl. The van der Waals surface area contributed by atoms with E-state index < -0.39 is 0 Å². The van der Waals surface area contributed by atoms with Crippen molar-refractivity contribution in [2.45, 2.75) is 32.7 Å². The molecule has 29 heavy (non-hydrogen) atoms. The molecule has 154 valence electrons. The average Bonchev–Trinajstić information content (AvgIpc) is 3.19. The highest BCUT2D eigenvalue weighted by Gasteiger charge is 2.28. The summed E-state index contributed by atoms with van der Waals surface area (Å²) in [4.78, 5) is 22.1. The third-order valence-corrected chi connectivity index (χ3v) is 5.78. The van der Waals surface area contributed by atoms with Crippen LogP contribution in [0.2, 0.25) is 0 Å². The molecule has 0 aliphatic carbocycles. The van der Waals surface area contributed by atoms with Crippen molar-refractivity contribution in [2.75, 3.05) is 26.2 Å². The fourth-order valence-corrected chi connectivity index (χ4v) is 4.21. The van der Waals surface area contributed by atoms with Crippen LogP contribution in [0.5, 0.6) is 0 Å². The first-order valence-electron chi connectivity index (χ1n) is 10.1. The van der Waals surface area contributed by atoms with Crippen molar-refractivity contribution in [1.82, 2.24) is 24.4 Å². The molecule has 0 radical (unpaired) electrons. The molecule has 3 heterocycles. The molecule has 1 aliphatic rings. The Morgan fingerprint density at radius 1 is 1.10 bits per heavy atom. The van der Waals surface area contributed by atoms with Crippen LogP contribution < -0.4 is 0 Å². The molecular weight excluding hydrogens is 386 g/mol. The molecule has 7 heteroatoms. The second-order valence-electron chi connectivity index (χ2n) is 7.23. The molecule has 1 fully saturated rings. The molecular formula is C22H28ClN5O. The minimum absolute atomic E-state index is 0. The molecule has 0 N–H and O–H groups in total. The van der Waals surface area contributed by atoms with Gasteiger partial charge in [-0.3, -0.25) is 4.79 Å². The second kappa shape index (κ2) is 9.37. The van der Waals surface area contributed by atoms with Gasteiger partial charge in [0.25, 0.3) is 5.91 Å². The number of amides is 1. The number of carbonyl (C=O) groups excluding carboxylic acids is 1. The topological polar surface area (TPSA) is 53.7 Å². The lowest BCUT2D eigenvalue weighted by Gasteiger charge is -2.37. The van der Waals surface area contributed by atoms with Gasteiger partial charge in [0.15, 0.2) is 5.65 Å². The van der Waals surface area contributed by atoms with Crippen molar-refractivity contribution < 1.29 is 4.79 Å². The Labute approximate surface area is 177 Å². The maximum absolute atomic E-state index is 13.2. The summed E-state index contributed by atoms with van der Waals surface area (Å²) in [7, 11) is 0. The van der Waals surface area contributed by atoms with E-state index in [9.17, 15) is 4.79 Å². The largest absolute Gasteiger partial charge is 0.338 e. The number of piperidine rings is 1. The second-order valence-corrected chi connectivity index (χ2v) is 7.23. The summed E-state index contributed by atoms with van der Waals surface area (Å²) in [5, 5.41) is 4.48. The highest BCUT2D eigenvalue weighted by atomic mass is 35.5. The molecule has 1 amide bonds. The van der Waals surface area contributed by atoms with Crippen molar-refractivity contribution >= 4 is 24.0 Å². The number of hydrogen-bond donors (Lipinski definition) is 0. The first kappa shape index (κ1) is 21.3. The number of fused-ring (bicyclic) bond motifs is 1. The number of nitrogens with zero attached hydrogens (tertiary/aromatic N) is 5. The molecule has 0 bridgehead atoms. The highest BCUT2D eigenvalue weighted by Crippen LogP contribution is 2.23. The third kappa shape index (κ3) is 4.14. The predicted molar refractivity (Wildman–Crippen MR) is 118 cm³/mol. The summed E-state index contributed by atoms with van der Waals surface area (Å²) in [6.45, 7) is 8.11. The van der Waals surface area contributed by atoms with Crippen LogP contribution in [0.25, 0.3) is 16.9 Å². The van der Waals surface area contributed by atoms with Crippen molar-refractivity contribution in [3.63, 3.8) is 0 Å². The number of likely N-dealkylation sites (tertiary alicyclic amines) is 1. The van der Waals surface area contributed by atoms with E-state index >= 15 is 0 Å². The zero-order chi connectivity index (χ0) is 19.5. The molecule has 1 aliphatic heterocycles. The molecule has 1 saturated heterocycles. The minimum atomic E-state index is 0. The molecule has 4 rings (SSSR count). The van der Waals surface area contributed by atoms with E-state index in [2.05, 4.69) is 28.8 Å². The lowest BCUT2D eigenvalue weighted by atomic mass is 10.0. The molecule has 2 aromatic heterocycles.